The van der Waals surface area contributed by atoms with E-state index in [1.54, 1.807) is 12.1 Å². The van der Waals surface area contributed by atoms with Gasteiger partial charge in [-0.05, 0) is 67.0 Å². The van der Waals surface area contributed by atoms with Crippen molar-refractivity contribution in [2.45, 2.75) is 75.8 Å². The Balaban J connectivity index is 1.15. The number of carbonyl (C=O) groups is 1. The number of hydrogen-bond donors (Lipinski definition) is 2. The van der Waals surface area contributed by atoms with Crippen molar-refractivity contribution < 1.29 is 14.4 Å². The van der Waals surface area contributed by atoms with E-state index in [0.29, 0.717) is 28.8 Å². The van der Waals surface area contributed by atoms with Crippen LogP contribution in [0, 0.1) is 0 Å². The number of aromatic nitrogens is 3. The number of hydrogen-bond acceptors (Lipinski definition) is 5. The summed E-state index contributed by atoms with van der Waals surface area (Å²) in [5.74, 6) is 1.28. The first-order valence-electron chi connectivity index (χ1n) is 16.6. The highest BCUT2D eigenvalue weighted by atomic mass is 16.5. The van der Waals surface area contributed by atoms with Crippen molar-refractivity contribution in [2.75, 3.05) is 0 Å². The van der Waals surface area contributed by atoms with E-state index < -0.39 is 5.54 Å². The van der Waals surface area contributed by atoms with E-state index in [1.807, 2.05) is 18.2 Å². The molecule has 0 bridgehead atoms. The molecule has 2 fully saturated rings. The monoisotopic (exact) mass is 610 g/mol. The van der Waals surface area contributed by atoms with Crippen molar-refractivity contribution in [3.8, 4) is 22.7 Å². The van der Waals surface area contributed by atoms with Crippen molar-refractivity contribution in [1.29, 1.82) is 0 Å². The van der Waals surface area contributed by atoms with E-state index in [1.165, 1.54) is 59.9 Å². The van der Waals surface area contributed by atoms with Crippen LogP contribution < -0.4 is 5.32 Å². The van der Waals surface area contributed by atoms with Crippen molar-refractivity contribution in [3.63, 3.8) is 0 Å². The molecule has 8 rings (SSSR count). The highest BCUT2D eigenvalue weighted by molar-refractivity contribution is 6.01. The highest BCUT2D eigenvalue weighted by Gasteiger charge is 2.42. The zero-order chi connectivity index (χ0) is 31.3. The second kappa shape index (κ2) is 11.5. The molecule has 46 heavy (non-hydrogen) atoms. The Morgan fingerprint density at radius 2 is 1.72 bits per heavy atom. The summed E-state index contributed by atoms with van der Waals surface area (Å²) in [4.78, 5) is 18.9. The topological polar surface area (TPSA) is 93.2 Å². The van der Waals surface area contributed by atoms with E-state index in [-0.39, 0.29) is 11.7 Å². The predicted molar refractivity (Wildman–Crippen MR) is 181 cm³/mol. The second-order valence-electron chi connectivity index (χ2n) is 13.1. The first-order chi connectivity index (χ1) is 22.5. The molecule has 1 aliphatic heterocycles. The van der Waals surface area contributed by atoms with Gasteiger partial charge in [0.05, 0.1) is 5.69 Å². The second-order valence-corrected chi connectivity index (χ2v) is 13.1. The summed E-state index contributed by atoms with van der Waals surface area (Å²) in [6.45, 7) is 4.34. The van der Waals surface area contributed by atoms with Crippen LogP contribution >= 0.6 is 0 Å². The lowest BCUT2D eigenvalue weighted by Gasteiger charge is -2.26. The van der Waals surface area contributed by atoms with E-state index in [9.17, 15) is 9.90 Å². The molecule has 3 heterocycles. The van der Waals surface area contributed by atoms with Gasteiger partial charge >= 0.3 is 0 Å². The predicted octanol–water partition coefficient (Wildman–Crippen LogP) is 9.16. The van der Waals surface area contributed by atoms with Gasteiger partial charge in [-0.3, -0.25) is 4.79 Å². The number of nitrogens with one attached hydrogen (secondary N) is 1. The zero-order valence-corrected chi connectivity index (χ0v) is 26.0. The van der Waals surface area contributed by atoms with Gasteiger partial charge in [-0.1, -0.05) is 98.5 Å². The molecule has 0 radical (unpaired) electrons. The van der Waals surface area contributed by atoms with E-state index in [0.717, 1.165) is 43.3 Å². The summed E-state index contributed by atoms with van der Waals surface area (Å²) >= 11 is 0. The Kier molecular flexibility index (Phi) is 7.12. The van der Waals surface area contributed by atoms with Gasteiger partial charge in [0.2, 0.25) is 0 Å². The highest BCUT2D eigenvalue weighted by Crippen LogP contribution is 2.46. The number of aliphatic hydroxyl groups is 1. The quantitative estimate of drug-likeness (QED) is 0.187. The van der Waals surface area contributed by atoms with Gasteiger partial charge in [0, 0.05) is 39.7 Å². The van der Waals surface area contributed by atoms with Crippen LogP contribution in [0.3, 0.4) is 0 Å². The largest absolute Gasteiger partial charge is 0.508 e. The van der Waals surface area contributed by atoms with Gasteiger partial charge in [0.1, 0.15) is 11.3 Å². The molecule has 2 aromatic heterocycles. The first-order valence-corrected chi connectivity index (χ1v) is 16.6. The lowest BCUT2D eigenvalue weighted by Crippen LogP contribution is -2.44. The molecular weight excluding hydrogens is 572 g/mol. The third kappa shape index (κ3) is 4.85. The summed E-state index contributed by atoms with van der Waals surface area (Å²) in [6.07, 6.45) is 14.2. The number of fused-ring (bicyclic) bond motifs is 5. The van der Waals surface area contributed by atoms with Crippen LogP contribution in [0.15, 0.2) is 83.9 Å². The van der Waals surface area contributed by atoms with Crippen LogP contribution in [0.5, 0.6) is 0 Å². The van der Waals surface area contributed by atoms with Gasteiger partial charge in [-0.15, -0.1) is 0 Å². The minimum Gasteiger partial charge on any atom is -0.508 e. The fourth-order valence-electron chi connectivity index (χ4n) is 7.96. The molecule has 0 unspecified atom stereocenters. The van der Waals surface area contributed by atoms with E-state index >= 15 is 0 Å². The van der Waals surface area contributed by atoms with Gasteiger partial charge in [0.25, 0.3) is 11.8 Å². The summed E-state index contributed by atoms with van der Waals surface area (Å²) < 4.78 is 8.11. The lowest BCUT2D eigenvalue weighted by atomic mass is 9.81. The number of aliphatic hydroxyl groups excluding tert-OH is 1. The van der Waals surface area contributed by atoms with Crippen molar-refractivity contribution in [2.24, 2.45) is 0 Å². The zero-order valence-electron chi connectivity index (χ0n) is 26.0. The number of amides is 1. The van der Waals surface area contributed by atoms with Crippen LogP contribution in [0.2, 0.25) is 0 Å². The summed E-state index contributed by atoms with van der Waals surface area (Å²) in [5, 5.41) is 18.7. The molecule has 232 valence electrons. The summed E-state index contributed by atoms with van der Waals surface area (Å²) in [6, 6.07) is 22.1. The van der Waals surface area contributed by atoms with Crippen LogP contribution in [-0.4, -0.2) is 25.7 Å². The maximum absolute atomic E-state index is 14.1. The average molecular weight is 611 g/mol. The molecule has 0 spiro atoms. The maximum Gasteiger partial charge on any atom is 0.258 e. The molecule has 2 N–H and O–H groups in total. The van der Waals surface area contributed by atoms with Gasteiger partial charge in [0.15, 0.2) is 5.82 Å². The van der Waals surface area contributed by atoms with Crippen LogP contribution in [0.25, 0.3) is 45.4 Å². The summed E-state index contributed by atoms with van der Waals surface area (Å²) in [5.41, 5.74) is 7.70. The normalized spacial score (nSPS) is 17.4. The van der Waals surface area contributed by atoms with Crippen LogP contribution in [0.4, 0.5) is 0 Å². The number of rotatable bonds is 6. The molecule has 7 nitrogen and oxygen atoms in total. The smallest absolute Gasteiger partial charge is 0.258 e. The Morgan fingerprint density at radius 1 is 0.957 bits per heavy atom. The number of nitrogens with zero attached hydrogens (tertiary/aromatic N) is 3. The molecule has 2 aliphatic carbocycles. The van der Waals surface area contributed by atoms with Crippen molar-refractivity contribution in [3.05, 3.63) is 107 Å². The molecule has 2 saturated carbocycles. The summed E-state index contributed by atoms with van der Waals surface area (Å²) in [7, 11) is 0. The van der Waals surface area contributed by atoms with Crippen molar-refractivity contribution >= 4 is 28.6 Å². The van der Waals surface area contributed by atoms with E-state index in [2.05, 4.69) is 70.2 Å². The Morgan fingerprint density at radius 3 is 2.50 bits per heavy atom. The Bertz CT molecular complexity index is 1990. The van der Waals surface area contributed by atoms with Crippen LogP contribution in [-0.2, 0) is 12.1 Å². The third-order valence-electron chi connectivity index (χ3n) is 10.3. The minimum absolute atomic E-state index is 0.00582. The maximum atomic E-state index is 14.1. The molecule has 3 aliphatic rings. The molecular formula is C39H38N4O3. The Labute approximate surface area is 268 Å². The first kappa shape index (κ1) is 28.6. The Hall–Kier alpha value is -4.91. The van der Waals surface area contributed by atoms with Gasteiger partial charge < -0.3 is 19.5 Å². The van der Waals surface area contributed by atoms with Crippen molar-refractivity contribution in [1.82, 2.24) is 20.0 Å². The number of benzene rings is 3. The molecule has 0 saturated heterocycles. The fraction of sp³-hybridized carbons (Fsp3) is 0.308. The lowest BCUT2D eigenvalue weighted by molar-refractivity contribution is 0.0892. The molecule has 5 aromatic rings. The van der Waals surface area contributed by atoms with Gasteiger partial charge in [-0.2, -0.15) is 4.98 Å². The molecule has 0 atom stereocenters. The van der Waals surface area contributed by atoms with Crippen LogP contribution in [0.1, 0.15) is 96.6 Å². The van der Waals surface area contributed by atoms with E-state index in [4.69, 9.17) is 9.51 Å². The number of allylic oxidation sites excluding steroid dienone is 1. The SMILES string of the molecule is C=C(O)c1ccc(-c2nc(C3(NC(=O)c4ccc5c(C6CCCCC6)c6n(c5c4)CC=Cc4ccccc4-6)CCCC3)no2)cc1. The molecule has 7 heteroatoms. The van der Waals surface area contributed by atoms with Gasteiger partial charge in [-0.25, -0.2) is 0 Å². The third-order valence-corrected chi connectivity index (χ3v) is 10.3. The standard InChI is InChI=1S/C39H38N4O3/c1-25(44)26-15-17-29(18-16-26)37-40-38(42-46-37)39(21-7-8-22-39)41-36(45)30-19-20-32-33(24-30)43-23-9-13-27-10-5-6-14-31(27)35(43)34(32)28-11-3-2-4-12-28/h5-6,9-10,13-20,24,28,44H,1-4,7-8,11-12,21-23H2,(H,41,45). The average Bonchev–Trinajstić information content (AvgIpc) is 3.81. The minimum atomic E-state index is -0.696. The molecule has 1 amide bonds. The molecule has 3 aromatic carbocycles. The fourth-order valence-corrected chi connectivity index (χ4v) is 7.96. The number of carbonyl (C=O) groups excluding carboxylic acids is 1.